The van der Waals surface area contributed by atoms with Crippen LogP contribution in [0.15, 0.2) is 41.8 Å². The molecule has 2 rings (SSSR count). The molecule has 0 saturated heterocycles. The van der Waals surface area contributed by atoms with Gasteiger partial charge < -0.3 is 10.4 Å². The number of hydrogen-bond acceptors (Lipinski definition) is 3. The Hall–Kier alpha value is -1.32. The van der Waals surface area contributed by atoms with Crippen LogP contribution in [0.4, 0.5) is 0 Å². The van der Waals surface area contributed by atoms with Crippen molar-refractivity contribution in [1.82, 2.24) is 5.32 Å². The van der Waals surface area contributed by atoms with Gasteiger partial charge in [0.2, 0.25) is 0 Å². The molecular weight excluding hydrogens is 254 g/mol. The van der Waals surface area contributed by atoms with E-state index in [0.717, 1.165) is 0 Å². The fourth-order valence-electron chi connectivity index (χ4n) is 2.20. The highest BCUT2D eigenvalue weighted by Crippen LogP contribution is 2.29. The number of thiophene rings is 1. The maximum Gasteiger partial charge on any atom is 0.115 e. The Morgan fingerprint density at radius 1 is 1.05 bits per heavy atom. The molecule has 2 unspecified atom stereocenters. The molecule has 102 valence electrons. The minimum atomic E-state index is 0.259. The van der Waals surface area contributed by atoms with E-state index in [9.17, 15) is 5.11 Å². The van der Waals surface area contributed by atoms with E-state index in [0.29, 0.717) is 17.7 Å². The predicted molar refractivity (Wildman–Crippen MR) is 81.6 cm³/mol. The van der Waals surface area contributed by atoms with Gasteiger partial charge in [-0.3, -0.25) is 0 Å². The first-order valence-electron chi connectivity index (χ1n) is 6.66. The van der Waals surface area contributed by atoms with Gasteiger partial charge in [-0.1, -0.05) is 32.0 Å². The zero-order valence-corrected chi connectivity index (χ0v) is 12.4. The van der Waals surface area contributed by atoms with Crippen LogP contribution in [0.3, 0.4) is 0 Å². The molecule has 1 aromatic heterocycles. The van der Waals surface area contributed by atoms with E-state index in [1.54, 1.807) is 23.5 Å². The fourth-order valence-corrected chi connectivity index (χ4v) is 3.16. The molecule has 0 aliphatic heterocycles. The third kappa shape index (κ3) is 3.58. The van der Waals surface area contributed by atoms with Gasteiger partial charge in [0.15, 0.2) is 0 Å². The quantitative estimate of drug-likeness (QED) is 0.842. The van der Waals surface area contributed by atoms with E-state index in [-0.39, 0.29) is 6.04 Å². The monoisotopic (exact) mass is 275 g/mol. The smallest absolute Gasteiger partial charge is 0.115 e. The van der Waals surface area contributed by atoms with E-state index in [1.807, 2.05) is 12.1 Å². The second-order valence-electron chi connectivity index (χ2n) is 5.22. The lowest BCUT2D eigenvalue weighted by molar-refractivity contribution is 0.379. The Morgan fingerprint density at radius 3 is 2.26 bits per heavy atom. The van der Waals surface area contributed by atoms with Crippen LogP contribution in [0, 0.1) is 5.92 Å². The summed E-state index contributed by atoms with van der Waals surface area (Å²) in [6.45, 7) is 6.64. The van der Waals surface area contributed by atoms with Crippen LogP contribution in [0.5, 0.6) is 5.75 Å². The topological polar surface area (TPSA) is 32.3 Å². The summed E-state index contributed by atoms with van der Waals surface area (Å²) in [4.78, 5) is 1.38. The van der Waals surface area contributed by atoms with Crippen LogP contribution in [-0.2, 0) is 0 Å². The average Bonchev–Trinajstić information content (AvgIpc) is 2.89. The van der Waals surface area contributed by atoms with Crippen molar-refractivity contribution in [2.45, 2.75) is 32.9 Å². The lowest BCUT2D eigenvalue weighted by Crippen LogP contribution is -2.27. The minimum Gasteiger partial charge on any atom is -0.508 e. The summed E-state index contributed by atoms with van der Waals surface area (Å²) in [5.41, 5.74) is 1.19. The van der Waals surface area contributed by atoms with Crippen molar-refractivity contribution in [1.29, 1.82) is 0 Å². The Kier molecular flexibility index (Phi) is 4.61. The average molecular weight is 275 g/mol. The molecule has 1 heterocycles. The highest BCUT2D eigenvalue weighted by Gasteiger charge is 2.19. The van der Waals surface area contributed by atoms with E-state index in [2.05, 4.69) is 43.6 Å². The van der Waals surface area contributed by atoms with Gasteiger partial charge in [-0.2, -0.15) is 0 Å². The number of benzene rings is 1. The largest absolute Gasteiger partial charge is 0.508 e. The van der Waals surface area contributed by atoms with Crippen LogP contribution in [0.1, 0.15) is 43.3 Å². The molecule has 2 aromatic rings. The third-order valence-electron chi connectivity index (χ3n) is 3.34. The van der Waals surface area contributed by atoms with Crippen LogP contribution in [0.25, 0.3) is 0 Å². The first-order valence-corrected chi connectivity index (χ1v) is 7.54. The van der Waals surface area contributed by atoms with Crippen LogP contribution in [-0.4, -0.2) is 5.11 Å². The molecule has 1 aromatic carbocycles. The van der Waals surface area contributed by atoms with Crippen molar-refractivity contribution in [2.24, 2.45) is 5.92 Å². The molecule has 0 spiro atoms. The number of hydrogen-bond donors (Lipinski definition) is 2. The first-order chi connectivity index (χ1) is 9.08. The van der Waals surface area contributed by atoms with Gasteiger partial charge in [0, 0.05) is 17.0 Å². The molecule has 19 heavy (non-hydrogen) atoms. The number of phenols is 1. The van der Waals surface area contributed by atoms with Crippen LogP contribution >= 0.6 is 11.3 Å². The minimum absolute atomic E-state index is 0.259. The Bertz CT molecular complexity index is 490. The van der Waals surface area contributed by atoms with Crippen molar-refractivity contribution >= 4 is 11.3 Å². The van der Waals surface area contributed by atoms with E-state index < -0.39 is 0 Å². The third-order valence-corrected chi connectivity index (χ3v) is 4.29. The Labute approximate surface area is 119 Å². The van der Waals surface area contributed by atoms with Gasteiger partial charge in [0.05, 0.1) is 0 Å². The van der Waals surface area contributed by atoms with Crippen molar-refractivity contribution in [3.63, 3.8) is 0 Å². The summed E-state index contributed by atoms with van der Waals surface area (Å²) >= 11 is 1.80. The Balaban J connectivity index is 2.11. The standard InChI is InChI=1S/C16H21NOS/c1-11(2)16(15-5-4-10-19-15)17-12(3)13-6-8-14(18)9-7-13/h4-12,16-18H,1-3H3. The van der Waals surface area contributed by atoms with Crippen molar-refractivity contribution < 1.29 is 5.11 Å². The molecule has 0 aliphatic carbocycles. The lowest BCUT2D eigenvalue weighted by Gasteiger charge is -2.26. The number of aromatic hydroxyl groups is 1. The molecule has 2 nitrogen and oxygen atoms in total. The van der Waals surface area contributed by atoms with Crippen molar-refractivity contribution in [2.75, 3.05) is 0 Å². The van der Waals surface area contributed by atoms with Crippen molar-refractivity contribution in [3.8, 4) is 5.75 Å². The second kappa shape index (κ2) is 6.22. The van der Waals surface area contributed by atoms with E-state index in [4.69, 9.17) is 0 Å². The van der Waals surface area contributed by atoms with Crippen LogP contribution in [0.2, 0.25) is 0 Å². The Morgan fingerprint density at radius 2 is 1.74 bits per heavy atom. The molecule has 3 heteroatoms. The fraction of sp³-hybridized carbons (Fsp3) is 0.375. The SMILES string of the molecule is CC(NC(c1cccs1)C(C)C)c1ccc(O)cc1. The molecule has 0 bridgehead atoms. The second-order valence-corrected chi connectivity index (χ2v) is 6.20. The lowest BCUT2D eigenvalue weighted by atomic mass is 10.00. The number of nitrogens with one attached hydrogen (secondary N) is 1. The summed E-state index contributed by atoms with van der Waals surface area (Å²) < 4.78 is 0. The highest BCUT2D eigenvalue weighted by atomic mass is 32.1. The molecule has 2 N–H and O–H groups in total. The summed E-state index contributed by atoms with van der Waals surface area (Å²) in [6.07, 6.45) is 0. The van der Waals surface area contributed by atoms with Crippen LogP contribution < -0.4 is 5.32 Å². The molecular formula is C16H21NOS. The highest BCUT2D eigenvalue weighted by molar-refractivity contribution is 7.10. The molecule has 0 fully saturated rings. The number of phenolic OH excluding ortho intramolecular Hbond substituents is 1. The van der Waals surface area contributed by atoms with Gasteiger partial charge in [0.25, 0.3) is 0 Å². The van der Waals surface area contributed by atoms with Crippen molar-refractivity contribution in [3.05, 3.63) is 52.2 Å². The summed E-state index contributed by atoms with van der Waals surface area (Å²) in [6, 6.07) is 12.3. The molecule has 0 aliphatic rings. The molecule has 2 atom stereocenters. The van der Waals surface area contributed by atoms with Gasteiger partial charge in [-0.05, 0) is 42.0 Å². The maximum absolute atomic E-state index is 9.34. The number of rotatable bonds is 5. The summed E-state index contributed by atoms with van der Waals surface area (Å²) in [7, 11) is 0. The molecule has 0 amide bonds. The summed E-state index contributed by atoms with van der Waals surface area (Å²) in [5.74, 6) is 0.854. The summed E-state index contributed by atoms with van der Waals surface area (Å²) in [5, 5.41) is 15.1. The van der Waals surface area contributed by atoms with Gasteiger partial charge >= 0.3 is 0 Å². The molecule has 0 saturated carbocycles. The van der Waals surface area contributed by atoms with Gasteiger partial charge in [0.1, 0.15) is 5.75 Å². The normalized spacial score (nSPS) is 14.5. The van der Waals surface area contributed by atoms with E-state index in [1.165, 1.54) is 10.4 Å². The maximum atomic E-state index is 9.34. The molecule has 0 radical (unpaired) electrons. The first kappa shape index (κ1) is 14.1. The van der Waals surface area contributed by atoms with Gasteiger partial charge in [-0.25, -0.2) is 0 Å². The zero-order valence-electron chi connectivity index (χ0n) is 11.6. The van der Waals surface area contributed by atoms with E-state index >= 15 is 0 Å². The predicted octanol–water partition coefficient (Wildman–Crippen LogP) is 4.50. The van der Waals surface area contributed by atoms with Gasteiger partial charge in [-0.15, -0.1) is 11.3 Å². The zero-order chi connectivity index (χ0) is 13.8.